The summed E-state index contributed by atoms with van der Waals surface area (Å²) in [5.41, 5.74) is 1.81. The van der Waals surface area contributed by atoms with Gasteiger partial charge in [0.25, 0.3) is 0 Å². The van der Waals surface area contributed by atoms with Crippen molar-refractivity contribution < 1.29 is 9.18 Å². The average Bonchev–Trinajstić information content (AvgIpc) is 2.28. The van der Waals surface area contributed by atoms with Gasteiger partial charge in [0, 0.05) is 14.7 Å². The van der Waals surface area contributed by atoms with Crippen LogP contribution in [0.3, 0.4) is 0 Å². The van der Waals surface area contributed by atoms with Gasteiger partial charge in [0.15, 0.2) is 0 Å². The molecule has 1 nitrogen and oxygen atoms in total. The molecule has 3 heteroatoms. The molecule has 0 saturated carbocycles. The molecular weight excluding hydrogens is 318 g/mol. The van der Waals surface area contributed by atoms with Gasteiger partial charge in [0.05, 0.1) is 0 Å². The standard InChI is InChI=1S/C13H8FIO/c14-13-4-2-1-3-12(13)10-5-9(8-16)6-11(15)7-10/h1-8H. The third-order valence-corrected chi connectivity index (χ3v) is 2.86. The van der Waals surface area contributed by atoms with Crippen molar-refractivity contribution in [1.29, 1.82) is 0 Å². The van der Waals surface area contributed by atoms with E-state index in [-0.39, 0.29) is 5.82 Å². The molecule has 2 rings (SSSR count). The lowest BCUT2D eigenvalue weighted by atomic mass is 10.0. The quantitative estimate of drug-likeness (QED) is 0.604. The van der Waals surface area contributed by atoms with E-state index in [1.807, 2.05) is 6.07 Å². The Kier molecular flexibility index (Phi) is 3.33. The van der Waals surface area contributed by atoms with Crippen LogP contribution in [0.15, 0.2) is 42.5 Å². The summed E-state index contributed by atoms with van der Waals surface area (Å²) in [6.45, 7) is 0. The summed E-state index contributed by atoms with van der Waals surface area (Å²) in [6, 6.07) is 11.8. The monoisotopic (exact) mass is 326 g/mol. The maximum Gasteiger partial charge on any atom is 0.150 e. The molecule has 2 aromatic rings. The normalized spacial score (nSPS) is 10.1. The third-order valence-electron chi connectivity index (χ3n) is 2.24. The Morgan fingerprint density at radius 3 is 2.56 bits per heavy atom. The number of hydrogen-bond acceptors (Lipinski definition) is 1. The van der Waals surface area contributed by atoms with Crippen molar-refractivity contribution in [3.05, 3.63) is 57.4 Å². The lowest BCUT2D eigenvalue weighted by molar-refractivity contribution is 0.112. The second-order valence-corrected chi connectivity index (χ2v) is 4.62. The van der Waals surface area contributed by atoms with Crippen molar-refractivity contribution in [2.75, 3.05) is 0 Å². The Morgan fingerprint density at radius 1 is 1.12 bits per heavy atom. The maximum absolute atomic E-state index is 13.6. The molecule has 0 atom stereocenters. The number of rotatable bonds is 2. The molecule has 0 saturated heterocycles. The van der Waals surface area contributed by atoms with Crippen molar-refractivity contribution >= 4 is 28.9 Å². The Hall–Kier alpha value is -1.23. The van der Waals surface area contributed by atoms with Crippen LogP contribution in [0.2, 0.25) is 0 Å². The van der Waals surface area contributed by atoms with E-state index >= 15 is 0 Å². The number of carbonyl (C=O) groups is 1. The van der Waals surface area contributed by atoms with E-state index in [9.17, 15) is 9.18 Å². The van der Waals surface area contributed by atoms with Crippen LogP contribution in [0.4, 0.5) is 4.39 Å². The van der Waals surface area contributed by atoms with Gasteiger partial charge in [-0.1, -0.05) is 18.2 Å². The molecule has 80 valence electrons. The first kappa shape index (κ1) is 11.3. The second kappa shape index (κ2) is 4.74. The van der Waals surface area contributed by atoms with Gasteiger partial charge in [-0.3, -0.25) is 4.79 Å². The van der Waals surface area contributed by atoms with Crippen LogP contribution < -0.4 is 0 Å². The summed E-state index contributed by atoms with van der Waals surface area (Å²) in [5.74, 6) is -0.277. The summed E-state index contributed by atoms with van der Waals surface area (Å²) in [5, 5.41) is 0. The van der Waals surface area contributed by atoms with Crippen molar-refractivity contribution in [3.8, 4) is 11.1 Å². The fraction of sp³-hybridized carbons (Fsp3) is 0. The van der Waals surface area contributed by atoms with Crippen molar-refractivity contribution in [2.45, 2.75) is 0 Å². The highest BCUT2D eigenvalue weighted by atomic mass is 127. The van der Waals surface area contributed by atoms with Crippen LogP contribution in [0.1, 0.15) is 10.4 Å². The lowest BCUT2D eigenvalue weighted by Gasteiger charge is -2.05. The maximum atomic E-state index is 13.6. The van der Waals surface area contributed by atoms with Crippen molar-refractivity contribution in [3.63, 3.8) is 0 Å². The molecule has 0 aromatic heterocycles. The lowest BCUT2D eigenvalue weighted by Crippen LogP contribution is -1.88. The molecule has 0 amide bonds. The van der Waals surface area contributed by atoms with Gasteiger partial charge in [0.1, 0.15) is 12.1 Å². The highest BCUT2D eigenvalue weighted by Crippen LogP contribution is 2.25. The smallest absolute Gasteiger partial charge is 0.150 e. The zero-order valence-electron chi connectivity index (χ0n) is 8.28. The van der Waals surface area contributed by atoms with Crippen LogP contribution in [0, 0.1) is 9.39 Å². The Balaban J connectivity index is 2.60. The molecule has 0 spiro atoms. The highest BCUT2D eigenvalue weighted by Gasteiger charge is 2.05. The van der Waals surface area contributed by atoms with Gasteiger partial charge in [-0.25, -0.2) is 4.39 Å². The van der Waals surface area contributed by atoms with E-state index in [4.69, 9.17) is 0 Å². The van der Waals surface area contributed by atoms with Crippen LogP contribution in [-0.4, -0.2) is 6.29 Å². The molecule has 0 fully saturated rings. The molecule has 0 unspecified atom stereocenters. The van der Waals surface area contributed by atoms with Gasteiger partial charge in [-0.15, -0.1) is 0 Å². The first-order chi connectivity index (χ1) is 7.70. The van der Waals surface area contributed by atoms with E-state index in [0.717, 1.165) is 15.4 Å². The summed E-state index contributed by atoms with van der Waals surface area (Å²) in [4.78, 5) is 10.7. The predicted octanol–water partition coefficient (Wildman–Crippen LogP) is 3.91. The molecular formula is C13H8FIO. The minimum Gasteiger partial charge on any atom is -0.298 e. The van der Waals surface area contributed by atoms with Crippen LogP contribution in [0.5, 0.6) is 0 Å². The molecule has 0 aliphatic rings. The number of benzene rings is 2. The molecule has 16 heavy (non-hydrogen) atoms. The van der Waals surface area contributed by atoms with Crippen molar-refractivity contribution in [1.82, 2.24) is 0 Å². The average molecular weight is 326 g/mol. The fourth-order valence-corrected chi connectivity index (χ4v) is 2.23. The molecule has 2 aromatic carbocycles. The molecule has 0 radical (unpaired) electrons. The zero-order chi connectivity index (χ0) is 11.5. The Labute approximate surface area is 106 Å². The number of hydrogen-bond donors (Lipinski definition) is 0. The van der Waals surface area contributed by atoms with Gasteiger partial charge >= 0.3 is 0 Å². The van der Waals surface area contributed by atoms with E-state index in [0.29, 0.717) is 11.1 Å². The molecule has 0 bridgehead atoms. The van der Waals surface area contributed by atoms with Gasteiger partial charge in [0.2, 0.25) is 0 Å². The number of carbonyl (C=O) groups excluding carboxylic acids is 1. The molecule has 0 N–H and O–H groups in total. The first-order valence-corrected chi connectivity index (χ1v) is 5.79. The van der Waals surface area contributed by atoms with Gasteiger partial charge < -0.3 is 0 Å². The van der Waals surface area contributed by atoms with E-state index in [1.165, 1.54) is 6.07 Å². The SMILES string of the molecule is O=Cc1cc(I)cc(-c2ccccc2F)c1. The fourth-order valence-electron chi connectivity index (χ4n) is 1.53. The summed E-state index contributed by atoms with van der Waals surface area (Å²) in [7, 11) is 0. The number of halogens is 2. The van der Waals surface area contributed by atoms with Gasteiger partial charge in [-0.2, -0.15) is 0 Å². The van der Waals surface area contributed by atoms with Crippen molar-refractivity contribution in [2.24, 2.45) is 0 Å². The van der Waals surface area contributed by atoms with Crippen LogP contribution >= 0.6 is 22.6 Å². The van der Waals surface area contributed by atoms with E-state index in [1.54, 1.807) is 30.3 Å². The number of aldehydes is 1. The Morgan fingerprint density at radius 2 is 1.88 bits per heavy atom. The van der Waals surface area contributed by atoms with E-state index in [2.05, 4.69) is 22.6 Å². The zero-order valence-corrected chi connectivity index (χ0v) is 10.4. The summed E-state index contributed by atoms with van der Waals surface area (Å²) in [6.07, 6.45) is 0.770. The largest absolute Gasteiger partial charge is 0.298 e. The highest BCUT2D eigenvalue weighted by molar-refractivity contribution is 14.1. The van der Waals surface area contributed by atoms with Gasteiger partial charge in [-0.05, 0) is 52.4 Å². The minimum atomic E-state index is -0.277. The first-order valence-electron chi connectivity index (χ1n) is 4.71. The van der Waals surface area contributed by atoms with Crippen LogP contribution in [0.25, 0.3) is 11.1 Å². The molecule has 0 aliphatic carbocycles. The summed E-state index contributed by atoms with van der Waals surface area (Å²) >= 11 is 2.11. The molecule has 0 heterocycles. The topological polar surface area (TPSA) is 17.1 Å². The summed E-state index contributed by atoms with van der Waals surface area (Å²) < 4.78 is 14.5. The predicted molar refractivity (Wildman–Crippen MR) is 69.9 cm³/mol. The van der Waals surface area contributed by atoms with Crippen LogP contribution in [-0.2, 0) is 0 Å². The minimum absolute atomic E-state index is 0.277. The second-order valence-electron chi connectivity index (χ2n) is 3.37. The Bertz CT molecular complexity index is 537. The molecule has 0 aliphatic heterocycles. The van der Waals surface area contributed by atoms with E-state index < -0.39 is 0 Å². The third kappa shape index (κ3) is 2.29.